The van der Waals surface area contributed by atoms with Gasteiger partial charge in [-0.1, -0.05) is 6.42 Å². The molecule has 5 nitrogen and oxygen atoms in total. The highest BCUT2D eigenvalue weighted by molar-refractivity contribution is 7.89. The van der Waals surface area contributed by atoms with Crippen LogP contribution in [0.1, 0.15) is 19.3 Å². The lowest BCUT2D eigenvalue weighted by Gasteiger charge is -2.25. The van der Waals surface area contributed by atoms with Gasteiger partial charge in [0.05, 0.1) is 5.69 Å². The third kappa shape index (κ3) is 2.76. The SMILES string of the molecule is CNc1cccnc1S(=O)(=O)NCC1CCC1. The Balaban J connectivity index is 2.12. The zero-order chi connectivity index (χ0) is 12.3. The van der Waals surface area contributed by atoms with Gasteiger partial charge in [-0.15, -0.1) is 0 Å². The van der Waals surface area contributed by atoms with Crippen LogP contribution in [0.15, 0.2) is 23.4 Å². The van der Waals surface area contributed by atoms with Gasteiger partial charge in [0.15, 0.2) is 5.03 Å². The predicted molar refractivity (Wildman–Crippen MR) is 66.3 cm³/mol. The molecule has 0 unspecified atom stereocenters. The molecule has 0 radical (unpaired) electrons. The van der Waals surface area contributed by atoms with Crippen LogP contribution in [0.5, 0.6) is 0 Å². The summed E-state index contributed by atoms with van der Waals surface area (Å²) in [5.41, 5.74) is 0.522. The second-order valence-corrected chi connectivity index (χ2v) is 5.94. The fourth-order valence-electron chi connectivity index (χ4n) is 1.79. The molecule has 1 aromatic rings. The molecule has 2 N–H and O–H groups in total. The zero-order valence-corrected chi connectivity index (χ0v) is 10.6. The summed E-state index contributed by atoms with van der Waals surface area (Å²) in [4.78, 5) is 3.93. The van der Waals surface area contributed by atoms with E-state index >= 15 is 0 Å². The van der Waals surface area contributed by atoms with Crippen molar-refractivity contribution in [2.45, 2.75) is 24.3 Å². The van der Waals surface area contributed by atoms with Gasteiger partial charge in [-0.05, 0) is 30.9 Å². The van der Waals surface area contributed by atoms with Crippen molar-refractivity contribution in [1.82, 2.24) is 9.71 Å². The fourth-order valence-corrected chi connectivity index (χ4v) is 3.04. The first-order valence-corrected chi connectivity index (χ1v) is 7.24. The molecule has 0 aromatic carbocycles. The van der Waals surface area contributed by atoms with Gasteiger partial charge in [0, 0.05) is 19.8 Å². The van der Waals surface area contributed by atoms with Crippen LogP contribution in [0.3, 0.4) is 0 Å². The number of sulfonamides is 1. The van der Waals surface area contributed by atoms with Crippen molar-refractivity contribution >= 4 is 15.7 Å². The molecule has 0 bridgehead atoms. The van der Waals surface area contributed by atoms with E-state index in [-0.39, 0.29) is 5.03 Å². The molecule has 0 atom stereocenters. The van der Waals surface area contributed by atoms with Crippen LogP contribution in [0, 0.1) is 5.92 Å². The van der Waals surface area contributed by atoms with Gasteiger partial charge in [-0.3, -0.25) is 0 Å². The highest BCUT2D eigenvalue weighted by Gasteiger charge is 2.23. The second-order valence-electron chi connectivity index (χ2n) is 4.25. The van der Waals surface area contributed by atoms with E-state index in [2.05, 4.69) is 15.0 Å². The number of pyridine rings is 1. The number of nitrogens with one attached hydrogen (secondary N) is 2. The summed E-state index contributed by atoms with van der Waals surface area (Å²) >= 11 is 0. The Morgan fingerprint density at radius 2 is 2.24 bits per heavy atom. The van der Waals surface area contributed by atoms with Crippen LogP contribution in [-0.2, 0) is 10.0 Å². The van der Waals surface area contributed by atoms with Crippen molar-refractivity contribution in [3.8, 4) is 0 Å². The largest absolute Gasteiger partial charge is 0.386 e. The molecule has 1 aromatic heterocycles. The van der Waals surface area contributed by atoms with Crippen molar-refractivity contribution in [3.63, 3.8) is 0 Å². The van der Waals surface area contributed by atoms with Crippen LogP contribution < -0.4 is 10.0 Å². The van der Waals surface area contributed by atoms with E-state index in [0.717, 1.165) is 12.8 Å². The maximum absolute atomic E-state index is 12.0. The van der Waals surface area contributed by atoms with Gasteiger partial charge in [-0.2, -0.15) is 0 Å². The number of anilines is 1. The molecule has 0 aliphatic heterocycles. The first kappa shape index (κ1) is 12.3. The lowest BCUT2D eigenvalue weighted by atomic mass is 9.86. The summed E-state index contributed by atoms with van der Waals surface area (Å²) in [7, 11) is -1.82. The Hall–Kier alpha value is -1.14. The van der Waals surface area contributed by atoms with E-state index in [1.54, 1.807) is 19.2 Å². The molecule has 1 heterocycles. The van der Waals surface area contributed by atoms with E-state index in [9.17, 15) is 8.42 Å². The smallest absolute Gasteiger partial charge is 0.260 e. The summed E-state index contributed by atoms with van der Waals surface area (Å²) < 4.78 is 26.7. The van der Waals surface area contributed by atoms with Gasteiger partial charge in [-0.25, -0.2) is 18.1 Å². The van der Waals surface area contributed by atoms with E-state index in [1.165, 1.54) is 12.6 Å². The number of aromatic nitrogens is 1. The quantitative estimate of drug-likeness (QED) is 0.829. The van der Waals surface area contributed by atoms with E-state index in [0.29, 0.717) is 18.2 Å². The lowest BCUT2D eigenvalue weighted by molar-refractivity contribution is 0.316. The van der Waals surface area contributed by atoms with Crippen LogP contribution in [0.2, 0.25) is 0 Å². The summed E-state index contributed by atoms with van der Waals surface area (Å²) in [5.74, 6) is 0.492. The van der Waals surface area contributed by atoms with Crippen LogP contribution in [-0.4, -0.2) is 27.0 Å². The number of hydrogen-bond acceptors (Lipinski definition) is 4. The molecule has 17 heavy (non-hydrogen) atoms. The first-order chi connectivity index (χ1) is 8.13. The summed E-state index contributed by atoms with van der Waals surface area (Å²) in [6, 6.07) is 3.40. The van der Waals surface area contributed by atoms with Crippen molar-refractivity contribution in [2.24, 2.45) is 5.92 Å². The van der Waals surface area contributed by atoms with Crippen molar-refractivity contribution in [1.29, 1.82) is 0 Å². The van der Waals surface area contributed by atoms with Crippen LogP contribution >= 0.6 is 0 Å². The molecule has 0 amide bonds. The van der Waals surface area contributed by atoms with Crippen LogP contribution in [0.4, 0.5) is 5.69 Å². The molecule has 0 spiro atoms. The highest BCUT2D eigenvalue weighted by atomic mass is 32.2. The maximum Gasteiger partial charge on any atom is 0.260 e. The van der Waals surface area contributed by atoms with Crippen molar-refractivity contribution < 1.29 is 8.42 Å². The Morgan fingerprint density at radius 1 is 1.47 bits per heavy atom. The fraction of sp³-hybridized carbons (Fsp3) is 0.545. The molecular weight excluding hydrogens is 238 g/mol. The average molecular weight is 255 g/mol. The monoisotopic (exact) mass is 255 g/mol. The van der Waals surface area contributed by atoms with Gasteiger partial charge in [0.25, 0.3) is 10.0 Å². The van der Waals surface area contributed by atoms with Gasteiger partial charge >= 0.3 is 0 Å². The standard InChI is InChI=1S/C11H17N3O2S/c1-12-10-6-3-7-13-11(10)17(15,16)14-8-9-4-2-5-9/h3,6-7,9,12,14H,2,4-5,8H2,1H3. The summed E-state index contributed by atoms with van der Waals surface area (Å²) in [6.45, 7) is 0.516. The molecule has 1 fully saturated rings. The van der Waals surface area contributed by atoms with E-state index in [4.69, 9.17) is 0 Å². The van der Waals surface area contributed by atoms with E-state index in [1.807, 2.05) is 0 Å². The molecule has 2 rings (SSSR count). The molecule has 1 saturated carbocycles. The number of hydrogen-bond donors (Lipinski definition) is 2. The first-order valence-electron chi connectivity index (χ1n) is 5.76. The Bertz CT molecular complexity index is 483. The maximum atomic E-state index is 12.0. The van der Waals surface area contributed by atoms with Gasteiger partial charge < -0.3 is 5.32 Å². The second kappa shape index (κ2) is 5.01. The number of nitrogens with zero attached hydrogens (tertiary/aromatic N) is 1. The van der Waals surface area contributed by atoms with Crippen molar-refractivity contribution in [2.75, 3.05) is 18.9 Å². The molecule has 1 aliphatic carbocycles. The molecule has 1 aliphatic rings. The molecule has 0 saturated heterocycles. The van der Waals surface area contributed by atoms with Gasteiger partial charge in [0.2, 0.25) is 0 Å². The Morgan fingerprint density at radius 3 is 2.82 bits per heavy atom. The highest BCUT2D eigenvalue weighted by Crippen LogP contribution is 2.26. The zero-order valence-electron chi connectivity index (χ0n) is 9.81. The normalized spacial score (nSPS) is 16.5. The predicted octanol–water partition coefficient (Wildman–Crippen LogP) is 1.20. The summed E-state index contributed by atoms with van der Waals surface area (Å²) in [6.07, 6.45) is 4.92. The Kier molecular flexibility index (Phi) is 3.63. The van der Waals surface area contributed by atoms with E-state index < -0.39 is 10.0 Å². The minimum Gasteiger partial charge on any atom is -0.386 e. The summed E-state index contributed by atoms with van der Waals surface area (Å²) in [5, 5.41) is 2.91. The average Bonchev–Trinajstić information content (AvgIpc) is 2.26. The topological polar surface area (TPSA) is 71.1 Å². The van der Waals surface area contributed by atoms with Crippen LogP contribution in [0.25, 0.3) is 0 Å². The molecule has 94 valence electrons. The third-order valence-corrected chi connectivity index (χ3v) is 4.46. The minimum absolute atomic E-state index is 0.0711. The number of rotatable bonds is 5. The van der Waals surface area contributed by atoms with Crippen molar-refractivity contribution in [3.05, 3.63) is 18.3 Å². The minimum atomic E-state index is -3.50. The molecule has 6 heteroatoms. The lowest BCUT2D eigenvalue weighted by Crippen LogP contribution is -2.33. The molecular formula is C11H17N3O2S. The van der Waals surface area contributed by atoms with Gasteiger partial charge in [0.1, 0.15) is 0 Å². The Labute approximate surface area is 102 Å². The third-order valence-electron chi connectivity index (χ3n) is 3.08.